The maximum Gasteiger partial charge on any atom is 0.230 e. The molecule has 1 aromatic rings. The molecule has 0 spiro atoms. The number of hydrogen-bond acceptors (Lipinski definition) is 12. The van der Waals surface area contributed by atoms with Crippen molar-refractivity contribution in [3.63, 3.8) is 0 Å². The lowest BCUT2D eigenvalue weighted by Crippen LogP contribution is -2.63. The van der Waals surface area contributed by atoms with Crippen LogP contribution in [0.25, 0.3) is 0 Å². The molecule has 5 aliphatic rings. The SMILES string of the molecule is CN(CCCCCCN(c1nc(C2CCOCC2)nc(N(CCCCCCNC2CC(C)(C)NC(C)(C)C2)C2CC(C)(C)NC(C)(C)C2)n1)C1CC(C)(C)NC(C)(C)C1)C1CC(C)(C)NC(C)(C)C1. The average molecular weight is 965 g/mol. The Morgan fingerprint density at radius 1 is 0.449 bits per heavy atom. The molecular formula is C57H109N11O. The van der Waals surface area contributed by atoms with Crippen LogP contribution in [0.4, 0.5) is 11.9 Å². The molecule has 0 bridgehead atoms. The first-order chi connectivity index (χ1) is 31.9. The lowest BCUT2D eigenvalue weighted by atomic mass is 9.79. The van der Waals surface area contributed by atoms with E-state index in [4.69, 9.17) is 19.7 Å². The maximum atomic E-state index is 5.94. The Hall–Kier alpha value is -1.67. The molecule has 0 aliphatic carbocycles. The van der Waals surface area contributed by atoms with Gasteiger partial charge in [-0.2, -0.15) is 15.0 Å². The van der Waals surface area contributed by atoms with Gasteiger partial charge in [0.1, 0.15) is 5.82 Å². The van der Waals surface area contributed by atoms with Crippen molar-refractivity contribution in [3.05, 3.63) is 5.82 Å². The number of hydrogen-bond donors (Lipinski definition) is 5. The Labute approximate surface area is 424 Å². The first kappa shape index (κ1) is 56.6. The van der Waals surface area contributed by atoms with Gasteiger partial charge >= 0.3 is 0 Å². The van der Waals surface area contributed by atoms with Crippen LogP contribution >= 0.6 is 0 Å². The summed E-state index contributed by atoms with van der Waals surface area (Å²) in [6, 6.07) is 1.84. The third-order valence-corrected chi connectivity index (χ3v) is 16.3. The molecule has 0 unspecified atom stereocenters. The number of rotatable bonds is 21. The van der Waals surface area contributed by atoms with Crippen LogP contribution in [-0.2, 0) is 4.74 Å². The zero-order chi connectivity index (χ0) is 50.7. The molecule has 0 amide bonds. The van der Waals surface area contributed by atoms with Crippen LogP contribution in [0.5, 0.6) is 0 Å². The van der Waals surface area contributed by atoms with E-state index in [1.807, 2.05) is 0 Å². The van der Waals surface area contributed by atoms with Crippen molar-refractivity contribution in [2.45, 2.75) is 301 Å². The summed E-state index contributed by atoms with van der Waals surface area (Å²) in [4.78, 5) is 24.8. The van der Waals surface area contributed by atoms with Gasteiger partial charge < -0.3 is 46.0 Å². The molecule has 12 nitrogen and oxygen atoms in total. The summed E-state index contributed by atoms with van der Waals surface area (Å²) in [6.07, 6.45) is 20.5. The first-order valence-corrected chi connectivity index (χ1v) is 28.4. The third-order valence-electron chi connectivity index (χ3n) is 16.3. The molecule has 0 atom stereocenters. The van der Waals surface area contributed by atoms with Gasteiger partial charge in [-0.05, 0) is 221 Å². The highest BCUT2D eigenvalue weighted by atomic mass is 16.5. The highest BCUT2D eigenvalue weighted by molar-refractivity contribution is 5.43. The van der Waals surface area contributed by atoms with Gasteiger partial charge in [0, 0.05) is 101 Å². The van der Waals surface area contributed by atoms with Crippen molar-refractivity contribution < 1.29 is 4.74 Å². The Morgan fingerprint density at radius 3 is 1.20 bits per heavy atom. The fourth-order valence-corrected chi connectivity index (χ4v) is 14.9. The molecule has 5 aliphatic heterocycles. The standard InChI is InChI=1S/C57H109N11O/c1-50(2)34-43(35-51(3,4)62-50)58-28-22-18-19-24-30-67(45-38-54(9,10)64-55(11,12)39-45)48-59-47(42-26-32-69-33-27-42)60-49(61-48)68(46-40-56(13,14)65-57(15,16)41-46)31-25-21-20-23-29-66(17)44-36-52(5,6)63-53(7,8)37-44/h42-46,58,62-65H,18-41H2,1-17H3. The molecule has 398 valence electrons. The summed E-state index contributed by atoms with van der Waals surface area (Å²) in [6.45, 7) is 43.7. The average Bonchev–Trinajstić information content (AvgIpc) is 3.17. The van der Waals surface area contributed by atoms with Crippen molar-refractivity contribution >= 4 is 11.9 Å². The fourth-order valence-electron chi connectivity index (χ4n) is 14.9. The lowest BCUT2D eigenvalue weighted by molar-refractivity contribution is 0.0805. The Bertz CT molecular complexity index is 1700. The second kappa shape index (κ2) is 22.4. The van der Waals surface area contributed by atoms with E-state index in [2.05, 4.69) is 159 Å². The summed E-state index contributed by atoms with van der Waals surface area (Å²) in [5.41, 5.74) is 0.666. The molecule has 1 aromatic heterocycles. The van der Waals surface area contributed by atoms with Crippen LogP contribution in [0, 0.1) is 0 Å². The van der Waals surface area contributed by atoms with Crippen LogP contribution in [0.3, 0.4) is 0 Å². The summed E-state index contributed by atoms with van der Waals surface area (Å²) in [5.74, 6) is 3.07. The number of nitrogens with one attached hydrogen (secondary N) is 5. The number of aromatic nitrogens is 3. The lowest BCUT2D eigenvalue weighted by Gasteiger charge is -2.50. The zero-order valence-corrected chi connectivity index (χ0v) is 47.9. The second-order valence-electron chi connectivity index (χ2n) is 28.7. The van der Waals surface area contributed by atoms with Crippen molar-refractivity contribution in [1.29, 1.82) is 0 Å². The van der Waals surface area contributed by atoms with Crippen LogP contribution in [0.1, 0.15) is 238 Å². The molecule has 12 heteroatoms. The fraction of sp³-hybridized carbons (Fsp3) is 0.947. The maximum absolute atomic E-state index is 5.94. The highest BCUT2D eigenvalue weighted by Crippen LogP contribution is 2.38. The van der Waals surface area contributed by atoms with Gasteiger partial charge in [0.2, 0.25) is 11.9 Å². The summed E-state index contributed by atoms with van der Waals surface area (Å²) >= 11 is 0. The van der Waals surface area contributed by atoms with Crippen molar-refractivity contribution in [2.24, 2.45) is 0 Å². The van der Waals surface area contributed by atoms with E-state index in [0.717, 1.165) is 108 Å². The second-order valence-corrected chi connectivity index (χ2v) is 28.7. The number of nitrogens with zero attached hydrogens (tertiary/aromatic N) is 6. The number of piperidine rings is 4. The molecule has 6 heterocycles. The quantitative estimate of drug-likeness (QED) is 0.0756. The van der Waals surface area contributed by atoms with Gasteiger partial charge in [0.05, 0.1) is 0 Å². The minimum absolute atomic E-state index is 0.00102. The van der Waals surface area contributed by atoms with Gasteiger partial charge in [-0.3, -0.25) is 0 Å². The van der Waals surface area contributed by atoms with E-state index in [-0.39, 0.29) is 50.2 Å². The molecule has 5 saturated heterocycles. The minimum atomic E-state index is 0.00102. The molecule has 69 heavy (non-hydrogen) atoms. The molecular weight excluding hydrogens is 855 g/mol. The van der Waals surface area contributed by atoms with Crippen LogP contribution in [0.15, 0.2) is 0 Å². The number of anilines is 2. The van der Waals surface area contributed by atoms with E-state index in [1.165, 1.54) is 64.2 Å². The van der Waals surface area contributed by atoms with E-state index >= 15 is 0 Å². The first-order valence-electron chi connectivity index (χ1n) is 28.4. The van der Waals surface area contributed by atoms with E-state index in [0.29, 0.717) is 24.2 Å². The summed E-state index contributed by atoms with van der Waals surface area (Å²) < 4.78 is 5.94. The van der Waals surface area contributed by atoms with Gasteiger partial charge in [-0.1, -0.05) is 25.7 Å². The molecule has 0 aromatic carbocycles. The normalized spacial score (nSPS) is 26.0. The predicted molar refractivity (Wildman–Crippen MR) is 292 cm³/mol. The highest BCUT2D eigenvalue weighted by Gasteiger charge is 2.44. The monoisotopic (exact) mass is 964 g/mol. The summed E-state index contributed by atoms with van der Waals surface area (Å²) in [7, 11) is 2.36. The Kier molecular flexibility index (Phi) is 18.4. The van der Waals surface area contributed by atoms with E-state index in [1.54, 1.807) is 0 Å². The van der Waals surface area contributed by atoms with Crippen molar-refractivity contribution in [2.75, 3.05) is 56.2 Å². The van der Waals surface area contributed by atoms with Gasteiger partial charge in [-0.15, -0.1) is 0 Å². The predicted octanol–water partition coefficient (Wildman–Crippen LogP) is 10.3. The molecule has 0 saturated carbocycles. The summed E-state index contributed by atoms with van der Waals surface area (Å²) in [5, 5.41) is 19.7. The largest absolute Gasteiger partial charge is 0.381 e. The minimum Gasteiger partial charge on any atom is -0.381 e. The number of unbranched alkanes of at least 4 members (excludes halogenated alkanes) is 6. The van der Waals surface area contributed by atoms with Crippen molar-refractivity contribution in [1.82, 2.24) is 46.4 Å². The van der Waals surface area contributed by atoms with Crippen LogP contribution in [-0.4, -0.2) is 135 Å². The van der Waals surface area contributed by atoms with E-state index < -0.39 is 0 Å². The van der Waals surface area contributed by atoms with Crippen LogP contribution in [0.2, 0.25) is 0 Å². The van der Waals surface area contributed by atoms with Gasteiger partial charge in [0.25, 0.3) is 0 Å². The number of ether oxygens (including phenoxy) is 1. The van der Waals surface area contributed by atoms with Gasteiger partial charge in [0.15, 0.2) is 0 Å². The molecule has 0 radical (unpaired) electrons. The molecule has 5 N–H and O–H groups in total. The third kappa shape index (κ3) is 17.5. The molecule has 5 fully saturated rings. The van der Waals surface area contributed by atoms with Crippen molar-refractivity contribution in [3.8, 4) is 0 Å². The zero-order valence-electron chi connectivity index (χ0n) is 47.9. The molecule has 6 rings (SSSR count). The Balaban J connectivity index is 1.22. The Morgan fingerprint density at radius 2 is 0.797 bits per heavy atom. The van der Waals surface area contributed by atoms with Gasteiger partial charge in [-0.25, -0.2) is 0 Å². The smallest absolute Gasteiger partial charge is 0.230 e. The van der Waals surface area contributed by atoms with E-state index in [9.17, 15) is 0 Å². The topological polar surface area (TPSA) is 118 Å². The van der Waals surface area contributed by atoms with Crippen LogP contribution < -0.4 is 36.4 Å².